The summed E-state index contributed by atoms with van der Waals surface area (Å²) in [6.07, 6.45) is 1.59. The lowest BCUT2D eigenvalue weighted by Gasteiger charge is -2.10. The average Bonchev–Trinajstić information content (AvgIpc) is 2.58. The second-order valence-corrected chi connectivity index (χ2v) is 6.02. The van der Waals surface area contributed by atoms with Gasteiger partial charge in [-0.25, -0.2) is 4.98 Å². The van der Waals surface area contributed by atoms with Crippen molar-refractivity contribution < 1.29 is 9.72 Å². The summed E-state index contributed by atoms with van der Waals surface area (Å²) in [5, 5.41) is 13.6. The van der Waals surface area contributed by atoms with Gasteiger partial charge in [0, 0.05) is 23.4 Å². The van der Waals surface area contributed by atoms with E-state index >= 15 is 0 Å². The standard InChI is InChI=1S/C18H16N4O4/c1-10-6-7-21-15(8-10)19-12(3)16(18(21)24)20-17(23)13-5-4-11(2)14(9-13)22(25)26/h4-9H,1-3H3,(H,20,23). The number of aromatic nitrogens is 2. The molecule has 0 aliphatic rings. The predicted molar refractivity (Wildman–Crippen MR) is 96.7 cm³/mol. The zero-order valence-electron chi connectivity index (χ0n) is 14.4. The number of aryl methyl sites for hydroxylation is 3. The number of hydrogen-bond acceptors (Lipinski definition) is 5. The monoisotopic (exact) mass is 352 g/mol. The Labute approximate surface area is 148 Å². The molecule has 8 heteroatoms. The van der Waals surface area contributed by atoms with Crippen LogP contribution in [0.5, 0.6) is 0 Å². The normalized spacial score (nSPS) is 10.7. The molecular formula is C18H16N4O4. The number of nitrogens with zero attached hydrogens (tertiary/aromatic N) is 3. The number of carbonyl (C=O) groups excluding carboxylic acids is 1. The number of hydrogen-bond donors (Lipinski definition) is 1. The van der Waals surface area contributed by atoms with Gasteiger partial charge in [0.25, 0.3) is 17.2 Å². The molecule has 0 spiro atoms. The maximum absolute atomic E-state index is 12.7. The lowest BCUT2D eigenvalue weighted by atomic mass is 10.1. The largest absolute Gasteiger partial charge is 0.316 e. The average molecular weight is 352 g/mol. The molecule has 3 rings (SSSR count). The summed E-state index contributed by atoms with van der Waals surface area (Å²) >= 11 is 0. The summed E-state index contributed by atoms with van der Waals surface area (Å²) in [6.45, 7) is 5.10. The van der Waals surface area contributed by atoms with Crippen LogP contribution < -0.4 is 10.9 Å². The fourth-order valence-electron chi connectivity index (χ4n) is 2.63. The lowest BCUT2D eigenvalue weighted by Crippen LogP contribution is -2.25. The molecule has 1 amide bonds. The zero-order chi connectivity index (χ0) is 19.0. The predicted octanol–water partition coefficient (Wildman–Crippen LogP) is 2.78. The molecule has 2 heterocycles. The van der Waals surface area contributed by atoms with E-state index in [0.717, 1.165) is 5.56 Å². The number of amides is 1. The molecule has 0 atom stereocenters. The molecule has 0 aliphatic heterocycles. The second-order valence-electron chi connectivity index (χ2n) is 6.02. The number of nitro benzene ring substituents is 1. The zero-order valence-corrected chi connectivity index (χ0v) is 14.4. The fraction of sp³-hybridized carbons (Fsp3) is 0.167. The summed E-state index contributed by atoms with van der Waals surface area (Å²) < 4.78 is 1.34. The van der Waals surface area contributed by atoms with E-state index in [9.17, 15) is 19.7 Å². The van der Waals surface area contributed by atoms with Gasteiger partial charge in [0.15, 0.2) is 0 Å². The van der Waals surface area contributed by atoms with Gasteiger partial charge in [-0.2, -0.15) is 0 Å². The first-order chi connectivity index (χ1) is 12.3. The number of carbonyl (C=O) groups is 1. The quantitative estimate of drug-likeness (QED) is 0.576. The first kappa shape index (κ1) is 17.3. The van der Waals surface area contributed by atoms with Gasteiger partial charge in [0.1, 0.15) is 11.3 Å². The number of pyridine rings is 1. The molecule has 8 nitrogen and oxygen atoms in total. The van der Waals surface area contributed by atoms with Crippen LogP contribution in [0.1, 0.15) is 27.2 Å². The number of nitro groups is 1. The maximum Gasteiger partial charge on any atom is 0.281 e. The first-order valence-electron chi connectivity index (χ1n) is 7.84. The van der Waals surface area contributed by atoms with Gasteiger partial charge in [-0.05, 0) is 44.5 Å². The molecule has 0 radical (unpaired) electrons. The molecular weight excluding hydrogens is 336 g/mol. The molecule has 1 N–H and O–H groups in total. The van der Waals surface area contributed by atoms with E-state index in [2.05, 4.69) is 10.3 Å². The first-order valence-corrected chi connectivity index (χ1v) is 7.84. The molecule has 0 saturated heterocycles. The second kappa shape index (κ2) is 6.40. The Bertz CT molecular complexity index is 1120. The molecule has 2 aromatic heterocycles. The van der Waals surface area contributed by atoms with Crippen molar-refractivity contribution in [3.63, 3.8) is 0 Å². The third-order valence-electron chi connectivity index (χ3n) is 4.07. The van der Waals surface area contributed by atoms with E-state index in [-0.39, 0.29) is 16.9 Å². The van der Waals surface area contributed by atoms with Crippen LogP contribution in [0, 0.1) is 30.9 Å². The molecule has 0 fully saturated rings. The van der Waals surface area contributed by atoms with Gasteiger partial charge in [0.05, 0.1) is 10.6 Å². The number of benzene rings is 1. The Balaban J connectivity index is 2.03. The maximum atomic E-state index is 12.7. The van der Waals surface area contributed by atoms with E-state index in [1.54, 1.807) is 32.2 Å². The highest BCUT2D eigenvalue weighted by Crippen LogP contribution is 2.20. The Morgan fingerprint density at radius 3 is 2.62 bits per heavy atom. The molecule has 0 unspecified atom stereocenters. The molecule has 26 heavy (non-hydrogen) atoms. The number of nitrogens with one attached hydrogen (secondary N) is 1. The minimum Gasteiger partial charge on any atom is -0.316 e. The van der Waals surface area contributed by atoms with E-state index in [1.807, 2.05) is 6.92 Å². The van der Waals surface area contributed by atoms with E-state index in [4.69, 9.17) is 0 Å². The van der Waals surface area contributed by atoms with Crippen molar-refractivity contribution in [1.82, 2.24) is 9.38 Å². The summed E-state index contributed by atoms with van der Waals surface area (Å²) in [4.78, 5) is 40.0. The van der Waals surface area contributed by atoms with Gasteiger partial charge < -0.3 is 5.32 Å². The van der Waals surface area contributed by atoms with Crippen molar-refractivity contribution in [3.8, 4) is 0 Å². The van der Waals surface area contributed by atoms with Crippen molar-refractivity contribution >= 4 is 22.9 Å². The van der Waals surface area contributed by atoms with Crippen molar-refractivity contribution in [2.75, 3.05) is 5.32 Å². The Morgan fingerprint density at radius 2 is 1.92 bits per heavy atom. The van der Waals surface area contributed by atoms with Crippen molar-refractivity contribution in [2.45, 2.75) is 20.8 Å². The molecule has 3 aromatic rings. The highest BCUT2D eigenvalue weighted by molar-refractivity contribution is 6.05. The molecule has 1 aromatic carbocycles. The smallest absolute Gasteiger partial charge is 0.281 e. The molecule has 0 bridgehead atoms. The van der Waals surface area contributed by atoms with Gasteiger partial charge in [0.2, 0.25) is 0 Å². The summed E-state index contributed by atoms with van der Waals surface area (Å²) in [7, 11) is 0. The van der Waals surface area contributed by atoms with Gasteiger partial charge >= 0.3 is 0 Å². The summed E-state index contributed by atoms with van der Waals surface area (Å²) in [5.74, 6) is -0.609. The van der Waals surface area contributed by atoms with Gasteiger partial charge in [-0.3, -0.25) is 24.1 Å². The van der Waals surface area contributed by atoms with Crippen LogP contribution in [0.4, 0.5) is 11.4 Å². The molecule has 0 aliphatic carbocycles. The van der Waals surface area contributed by atoms with Crippen LogP contribution in [-0.2, 0) is 0 Å². The highest BCUT2D eigenvalue weighted by Gasteiger charge is 2.18. The Kier molecular flexibility index (Phi) is 4.25. The molecule has 0 saturated carbocycles. The Hall–Kier alpha value is -3.55. The van der Waals surface area contributed by atoms with Crippen LogP contribution >= 0.6 is 0 Å². The highest BCUT2D eigenvalue weighted by atomic mass is 16.6. The van der Waals surface area contributed by atoms with Gasteiger partial charge in [-0.15, -0.1) is 0 Å². The van der Waals surface area contributed by atoms with Crippen LogP contribution in [-0.4, -0.2) is 20.2 Å². The van der Waals surface area contributed by atoms with Gasteiger partial charge in [-0.1, -0.05) is 6.07 Å². The Morgan fingerprint density at radius 1 is 1.19 bits per heavy atom. The third-order valence-corrected chi connectivity index (χ3v) is 4.07. The van der Waals surface area contributed by atoms with Crippen LogP contribution in [0.3, 0.4) is 0 Å². The van der Waals surface area contributed by atoms with Crippen LogP contribution in [0.15, 0.2) is 41.3 Å². The number of rotatable bonds is 3. The van der Waals surface area contributed by atoms with Crippen molar-refractivity contribution in [3.05, 3.63) is 79.4 Å². The SMILES string of the molecule is Cc1ccn2c(=O)c(NC(=O)c3ccc(C)c([N+](=O)[O-])c3)c(C)nc2c1. The minimum absolute atomic E-state index is 0.0413. The number of fused-ring (bicyclic) bond motifs is 1. The van der Waals surface area contributed by atoms with Crippen LogP contribution in [0.25, 0.3) is 5.65 Å². The van der Waals surface area contributed by atoms with Crippen molar-refractivity contribution in [2.24, 2.45) is 0 Å². The topological polar surface area (TPSA) is 107 Å². The fourth-order valence-corrected chi connectivity index (χ4v) is 2.63. The summed E-state index contributed by atoms with van der Waals surface area (Å²) in [6, 6.07) is 7.69. The van der Waals surface area contributed by atoms with E-state index in [0.29, 0.717) is 16.9 Å². The van der Waals surface area contributed by atoms with E-state index < -0.39 is 16.4 Å². The minimum atomic E-state index is -0.609. The summed E-state index contributed by atoms with van der Waals surface area (Å²) in [5.41, 5.74) is 1.83. The lowest BCUT2D eigenvalue weighted by molar-refractivity contribution is -0.385. The van der Waals surface area contributed by atoms with E-state index in [1.165, 1.54) is 22.6 Å². The van der Waals surface area contributed by atoms with Crippen LogP contribution in [0.2, 0.25) is 0 Å². The third kappa shape index (κ3) is 3.04. The van der Waals surface area contributed by atoms with Crippen molar-refractivity contribution in [1.29, 1.82) is 0 Å². The molecule has 132 valence electrons. The number of anilines is 1.